The molecule has 0 unspecified atom stereocenters. The molecule has 29 heavy (non-hydrogen) atoms. The summed E-state index contributed by atoms with van der Waals surface area (Å²) >= 11 is 0. The van der Waals surface area contributed by atoms with Crippen LogP contribution in [0.4, 0.5) is 10.1 Å². The molecule has 0 bridgehead atoms. The van der Waals surface area contributed by atoms with Crippen molar-refractivity contribution in [2.75, 3.05) is 32.6 Å². The number of nitrogens with one attached hydrogen (secondary N) is 1. The van der Waals surface area contributed by atoms with Gasteiger partial charge < -0.3 is 14.8 Å². The highest BCUT2D eigenvalue weighted by Gasteiger charge is 2.32. The standard InChI is InChI=1S/C20H23FN2O5S/c1-27-16-5-8-18(19(13-16)28-2)22-20(24)14-9-11-23(12-10-14)29(25,26)17-6-3-15(21)4-7-17/h3-8,13-14H,9-12H2,1-2H3,(H,22,24). The number of rotatable bonds is 6. The van der Waals surface area contributed by atoms with Crippen LogP contribution in [-0.2, 0) is 14.8 Å². The Morgan fingerprint density at radius 1 is 1.07 bits per heavy atom. The molecule has 2 aromatic rings. The number of hydrogen-bond acceptors (Lipinski definition) is 5. The van der Waals surface area contributed by atoms with Gasteiger partial charge in [0.25, 0.3) is 0 Å². The van der Waals surface area contributed by atoms with Crippen molar-refractivity contribution in [1.29, 1.82) is 0 Å². The molecule has 3 rings (SSSR count). The van der Waals surface area contributed by atoms with Gasteiger partial charge in [-0.2, -0.15) is 4.31 Å². The minimum absolute atomic E-state index is 0.0461. The van der Waals surface area contributed by atoms with Gasteiger partial charge in [0, 0.05) is 25.1 Å². The highest BCUT2D eigenvalue weighted by Crippen LogP contribution is 2.31. The first-order valence-corrected chi connectivity index (χ1v) is 10.6. The van der Waals surface area contributed by atoms with E-state index in [1.807, 2.05) is 0 Å². The third-order valence-electron chi connectivity index (χ3n) is 4.94. The molecule has 0 spiro atoms. The average molecular weight is 422 g/mol. The maximum atomic E-state index is 13.1. The van der Waals surface area contributed by atoms with E-state index in [-0.39, 0.29) is 29.8 Å². The van der Waals surface area contributed by atoms with Crippen LogP contribution >= 0.6 is 0 Å². The smallest absolute Gasteiger partial charge is 0.243 e. The number of ether oxygens (including phenoxy) is 2. The van der Waals surface area contributed by atoms with E-state index in [2.05, 4.69) is 5.32 Å². The average Bonchev–Trinajstić information content (AvgIpc) is 2.74. The van der Waals surface area contributed by atoms with Crippen LogP contribution < -0.4 is 14.8 Å². The van der Waals surface area contributed by atoms with E-state index in [4.69, 9.17) is 9.47 Å². The Morgan fingerprint density at radius 3 is 2.31 bits per heavy atom. The molecule has 0 atom stereocenters. The summed E-state index contributed by atoms with van der Waals surface area (Å²) in [6.45, 7) is 0.440. The van der Waals surface area contributed by atoms with E-state index in [1.54, 1.807) is 25.3 Å². The molecule has 1 amide bonds. The molecule has 7 nitrogen and oxygen atoms in total. The van der Waals surface area contributed by atoms with Crippen molar-refractivity contribution in [1.82, 2.24) is 4.31 Å². The topological polar surface area (TPSA) is 84.9 Å². The Labute approximate surface area is 169 Å². The van der Waals surface area contributed by atoms with Crippen LogP contribution in [-0.4, -0.2) is 45.9 Å². The van der Waals surface area contributed by atoms with Crippen LogP contribution in [0.2, 0.25) is 0 Å². The number of halogens is 1. The molecule has 1 N–H and O–H groups in total. The predicted octanol–water partition coefficient (Wildman–Crippen LogP) is 2.88. The Kier molecular flexibility index (Phi) is 6.39. The Balaban J connectivity index is 1.63. The molecule has 1 aliphatic rings. The third kappa shape index (κ3) is 4.68. The fourth-order valence-electron chi connectivity index (χ4n) is 3.25. The van der Waals surface area contributed by atoms with Crippen LogP contribution in [0.25, 0.3) is 0 Å². The lowest BCUT2D eigenvalue weighted by Gasteiger charge is -2.30. The molecule has 9 heteroatoms. The summed E-state index contributed by atoms with van der Waals surface area (Å²) in [5.74, 6) is 0.0928. The van der Waals surface area contributed by atoms with E-state index in [9.17, 15) is 17.6 Å². The van der Waals surface area contributed by atoms with Gasteiger partial charge in [-0.15, -0.1) is 0 Å². The van der Waals surface area contributed by atoms with E-state index in [1.165, 1.54) is 23.5 Å². The number of nitrogens with zero attached hydrogens (tertiary/aromatic N) is 1. The highest BCUT2D eigenvalue weighted by atomic mass is 32.2. The summed E-state index contributed by atoms with van der Waals surface area (Å²) in [6, 6.07) is 9.83. The first-order chi connectivity index (χ1) is 13.8. The summed E-state index contributed by atoms with van der Waals surface area (Å²) in [5.41, 5.74) is 0.527. The summed E-state index contributed by atoms with van der Waals surface area (Å²) in [5, 5.41) is 2.84. The van der Waals surface area contributed by atoms with Gasteiger partial charge >= 0.3 is 0 Å². The van der Waals surface area contributed by atoms with Crippen molar-refractivity contribution in [2.24, 2.45) is 5.92 Å². The second-order valence-electron chi connectivity index (χ2n) is 6.69. The molecule has 0 radical (unpaired) electrons. The van der Waals surface area contributed by atoms with Gasteiger partial charge in [-0.05, 0) is 49.2 Å². The molecule has 0 aromatic heterocycles. The van der Waals surface area contributed by atoms with Crippen molar-refractivity contribution in [2.45, 2.75) is 17.7 Å². The minimum atomic E-state index is -3.70. The van der Waals surface area contributed by atoms with Gasteiger partial charge in [0.1, 0.15) is 17.3 Å². The quantitative estimate of drug-likeness (QED) is 0.774. The van der Waals surface area contributed by atoms with Gasteiger partial charge in [-0.25, -0.2) is 12.8 Å². The maximum absolute atomic E-state index is 13.1. The number of piperidine rings is 1. The van der Waals surface area contributed by atoms with Gasteiger partial charge in [-0.3, -0.25) is 4.79 Å². The summed E-state index contributed by atoms with van der Waals surface area (Å²) < 4.78 is 50.2. The zero-order chi connectivity index (χ0) is 21.0. The number of anilines is 1. The number of sulfonamides is 1. The van der Waals surface area contributed by atoms with Crippen LogP contribution in [0, 0.1) is 11.7 Å². The normalized spacial score (nSPS) is 15.7. The zero-order valence-electron chi connectivity index (χ0n) is 16.2. The molecule has 1 fully saturated rings. The van der Waals surface area contributed by atoms with Crippen LogP contribution in [0.1, 0.15) is 12.8 Å². The second kappa shape index (κ2) is 8.79. The van der Waals surface area contributed by atoms with E-state index in [0.717, 1.165) is 12.1 Å². The summed E-state index contributed by atoms with van der Waals surface area (Å²) in [7, 11) is -0.658. The fourth-order valence-corrected chi connectivity index (χ4v) is 4.72. The number of amides is 1. The maximum Gasteiger partial charge on any atom is 0.243 e. The van der Waals surface area contributed by atoms with Crippen molar-refractivity contribution >= 4 is 21.6 Å². The molecule has 2 aromatic carbocycles. The molecule has 0 aliphatic carbocycles. The Morgan fingerprint density at radius 2 is 1.72 bits per heavy atom. The minimum Gasteiger partial charge on any atom is -0.497 e. The Hall–Kier alpha value is -2.65. The van der Waals surface area contributed by atoms with Crippen LogP contribution in [0.3, 0.4) is 0 Å². The second-order valence-corrected chi connectivity index (χ2v) is 8.63. The van der Waals surface area contributed by atoms with Crippen molar-refractivity contribution < 1.29 is 27.1 Å². The van der Waals surface area contributed by atoms with E-state index in [0.29, 0.717) is 30.0 Å². The number of benzene rings is 2. The number of methoxy groups -OCH3 is 2. The number of hydrogen-bond donors (Lipinski definition) is 1. The predicted molar refractivity (Wildman–Crippen MR) is 106 cm³/mol. The van der Waals surface area contributed by atoms with Crippen LogP contribution in [0.5, 0.6) is 11.5 Å². The van der Waals surface area contributed by atoms with Gasteiger partial charge in [0.05, 0.1) is 24.8 Å². The monoisotopic (exact) mass is 422 g/mol. The first-order valence-electron chi connectivity index (χ1n) is 9.13. The lowest BCUT2D eigenvalue weighted by molar-refractivity contribution is -0.120. The van der Waals surface area contributed by atoms with Crippen molar-refractivity contribution in [3.63, 3.8) is 0 Å². The van der Waals surface area contributed by atoms with Gasteiger partial charge in [-0.1, -0.05) is 0 Å². The Bertz CT molecular complexity index is 971. The SMILES string of the molecule is COc1ccc(NC(=O)C2CCN(S(=O)(=O)c3ccc(F)cc3)CC2)c(OC)c1. The number of carbonyl (C=O) groups is 1. The van der Waals surface area contributed by atoms with Crippen molar-refractivity contribution in [3.8, 4) is 11.5 Å². The molecule has 1 saturated heterocycles. The zero-order valence-corrected chi connectivity index (χ0v) is 17.0. The lowest BCUT2D eigenvalue weighted by Crippen LogP contribution is -2.41. The summed E-state index contributed by atoms with van der Waals surface area (Å²) in [4.78, 5) is 12.7. The number of carbonyl (C=O) groups excluding carboxylic acids is 1. The first kappa shape index (κ1) is 21.1. The molecule has 1 aliphatic heterocycles. The van der Waals surface area contributed by atoms with Crippen LogP contribution in [0.15, 0.2) is 47.4 Å². The largest absolute Gasteiger partial charge is 0.497 e. The third-order valence-corrected chi connectivity index (χ3v) is 6.86. The van der Waals surface area contributed by atoms with Gasteiger partial charge in [0.2, 0.25) is 15.9 Å². The summed E-state index contributed by atoms with van der Waals surface area (Å²) in [6.07, 6.45) is 0.787. The van der Waals surface area contributed by atoms with E-state index >= 15 is 0 Å². The highest BCUT2D eigenvalue weighted by molar-refractivity contribution is 7.89. The molecule has 156 valence electrons. The van der Waals surface area contributed by atoms with Crippen molar-refractivity contribution in [3.05, 3.63) is 48.3 Å². The fraction of sp³-hybridized carbons (Fsp3) is 0.350. The lowest BCUT2D eigenvalue weighted by atomic mass is 9.97. The molecule has 1 heterocycles. The molecular weight excluding hydrogens is 399 g/mol. The van der Waals surface area contributed by atoms with E-state index < -0.39 is 15.8 Å². The van der Waals surface area contributed by atoms with Gasteiger partial charge in [0.15, 0.2) is 0 Å². The molecule has 0 saturated carbocycles. The molecular formula is C20H23FN2O5S.